The lowest BCUT2D eigenvalue weighted by atomic mass is 10.1. The number of hydrogen-bond donors (Lipinski definition) is 0. The summed E-state index contributed by atoms with van der Waals surface area (Å²) in [4.78, 5) is 8.21. The van der Waals surface area contributed by atoms with Gasteiger partial charge in [0.25, 0.3) is 0 Å². The smallest absolute Gasteiger partial charge is 0.133 e. The molecule has 1 rings (SSSR count). The number of hydrogen-bond acceptors (Lipinski definition) is 2. The maximum Gasteiger partial charge on any atom is 0.133 e. The molecule has 60 valence electrons. The molecule has 3 heteroatoms. The van der Waals surface area contributed by atoms with Gasteiger partial charge in [-0.25, -0.2) is 9.97 Å². The van der Waals surface area contributed by atoms with E-state index in [1.54, 1.807) is 6.07 Å². The van der Waals surface area contributed by atoms with Crippen molar-refractivity contribution in [3.63, 3.8) is 0 Å². The number of nitrogens with zero attached hydrogens (tertiary/aromatic N) is 2. The molecule has 0 aliphatic carbocycles. The molecule has 1 aromatic rings. The minimum absolute atomic E-state index is 0.411. The zero-order valence-electron chi connectivity index (χ0n) is 6.93. The van der Waals surface area contributed by atoms with E-state index in [9.17, 15) is 0 Å². The normalized spacial score (nSPS) is 10.6. The predicted octanol–water partition coefficient (Wildman–Crippen LogP) is 2.56. The van der Waals surface area contributed by atoms with Gasteiger partial charge >= 0.3 is 0 Å². The summed E-state index contributed by atoms with van der Waals surface area (Å²) < 4.78 is 0. The van der Waals surface area contributed by atoms with Gasteiger partial charge in [0, 0.05) is 5.69 Å². The molecule has 0 unspecified atom stereocenters. The van der Waals surface area contributed by atoms with Gasteiger partial charge < -0.3 is 0 Å². The molecule has 0 saturated carbocycles. The first-order valence-corrected chi connectivity index (χ1v) is 3.98. The molecule has 0 amide bonds. The maximum atomic E-state index is 5.74. The van der Waals surface area contributed by atoms with Crippen LogP contribution in [0.15, 0.2) is 6.07 Å². The number of halogens is 1. The highest BCUT2D eigenvalue weighted by atomic mass is 35.5. The maximum absolute atomic E-state index is 5.74. The van der Waals surface area contributed by atoms with Gasteiger partial charge in [-0.05, 0) is 18.9 Å². The lowest BCUT2D eigenvalue weighted by Crippen LogP contribution is -1.96. The van der Waals surface area contributed by atoms with Crippen LogP contribution in [0.5, 0.6) is 0 Å². The molecule has 0 bridgehead atoms. The minimum Gasteiger partial charge on any atom is -0.238 e. The summed E-state index contributed by atoms with van der Waals surface area (Å²) in [6.07, 6.45) is 0. The van der Waals surface area contributed by atoms with Crippen molar-refractivity contribution in [2.45, 2.75) is 26.7 Å². The van der Waals surface area contributed by atoms with E-state index < -0.39 is 0 Å². The van der Waals surface area contributed by atoms with Crippen molar-refractivity contribution in [1.29, 1.82) is 0 Å². The van der Waals surface area contributed by atoms with Crippen LogP contribution in [0.25, 0.3) is 0 Å². The van der Waals surface area contributed by atoms with Crippen LogP contribution in [-0.2, 0) is 0 Å². The molecular formula is C8H11ClN2. The number of aromatic nitrogens is 2. The van der Waals surface area contributed by atoms with Gasteiger partial charge in [0.05, 0.1) is 0 Å². The van der Waals surface area contributed by atoms with Crippen molar-refractivity contribution in [2.24, 2.45) is 0 Å². The van der Waals surface area contributed by atoms with Crippen molar-refractivity contribution < 1.29 is 0 Å². The standard InChI is InChI=1S/C8H11ClN2/c1-5(2)7-4-8(9)11-6(3)10-7/h4-5H,1-3H3. The largest absolute Gasteiger partial charge is 0.238 e. The van der Waals surface area contributed by atoms with E-state index in [1.807, 2.05) is 6.92 Å². The van der Waals surface area contributed by atoms with Crippen LogP contribution in [0, 0.1) is 6.92 Å². The van der Waals surface area contributed by atoms with Gasteiger partial charge in [0.1, 0.15) is 11.0 Å². The lowest BCUT2D eigenvalue weighted by Gasteiger charge is -2.04. The Morgan fingerprint density at radius 2 is 2.00 bits per heavy atom. The Morgan fingerprint density at radius 1 is 1.36 bits per heavy atom. The highest BCUT2D eigenvalue weighted by Gasteiger charge is 2.02. The van der Waals surface area contributed by atoms with E-state index in [0.717, 1.165) is 11.5 Å². The summed E-state index contributed by atoms with van der Waals surface area (Å²) in [6, 6.07) is 1.80. The first-order valence-electron chi connectivity index (χ1n) is 3.60. The van der Waals surface area contributed by atoms with Gasteiger partial charge in [-0.15, -0.1) is 0 Å². The molecular weight excluding hydrogens is 160 g/mol. The second-order valence-corrected chi connectivity index (χ2v) is 3.20. The quantitative estimate of drug-likeness (QED) is 0.606. The molecule has 1 heterocycles. The highest BCUT2D eigenvalue weighted by molar-refractivity contribution is 6.29. The Labute approximate surface area is 71.6 Å². The minimum atomic E-state index is 0.411. The molecule has 0 fully saturated rings. The van der Waals surface area contributed by atoms with Crippen molar-refractivity contribution in [1.82, 2.24) is 9.97 Å². The van der Waals surface area contributed by atoms with Gasteiger partial charge in [0.15, 0.2) is 0 Å². The first-order chi connectivity index (χ1) is 5.09. The Bertz CT molecular complexity index is 238. The molecule has 0 atom stereocenters. The molecule has 0 radical (unpaired) electrons. The van der Waals surface area contributed by atoms with E-state index in [-0.39, 0.29) is 0 Å². The van der Waals surface area contributed by atoms with Crippen LogP contribution in [0.2, 0.25) is 5.15 Å². The van der Waals surface area contributed by atoms with E-state index >= 15 is 0 Å². The SMILES string of the molecule is Cc1nc(Cl)cc(C(C)C)n1. The fourth-order valence-electron chi connectivity index (χ4n) is 0.849. The van der Waals surface area contributed by atoms with Crippen molar-refractivity contribution in [3.8, 4) is 0 Å². The molecule has 0 aliphatic rings. The zero-order valence-corrected chi connectivity index (χ0v) is 7.68. The summed E-state index contributed by atoms with van der Waals surface area (Å²) in [5.74, 6) is 1.15. The summed E-state index contributed by atoms with van der Waals surface area (Å²) in [7, 11) is 0. The van der Waals surface area contributed by atoms with Crippen LogP contribution < -0.4 is 0 Å². The van der Waals surface area contributed by atoms with Gasteiger partial charge in [-0.2, -0.15) is 0 Å². The van der Waals surface area contributed by atoms with E-state index in [2.05, 4.69) is 23.8 Å². The van der Waals surface area contributed by atoms with Crippen molar-refractivity contribution in [3.05, 3.63) is 22.7 Å². The molecule has 0 N–H and O–H groups in total. The predicted molar refractivity (Wildman–Crippen MR) is 45.9 cm³/mol. The number of aryl methyl sites for hydroxylation is 1. The molecule has 0 aliphatic heterocycles. The second kappa shape index (κ2) is 3.18. The molecule has 1 aromatic heterocycles. The van der Waals surface area contributed by atoms with Crippen LogP contribution in [0.3, 0.4) is 0 Å². The fraction of sp³-hybridized carbons (Fsp3) is 0.500. The Morgan fingerprint density at radius 3 is 2.45 bits per heavy atom. The Hall–Kier alpha value is -0.630. The topological polar surface area (TPSA) is 25.8 Å². The Kier molecular flexibility index (Phi) is 2.45. The molecule has 0 spiro atoms. The summed E-state index contributed by atoms with van der Waals surface area (Å²) in [5.41, 5.74) is 1.00. The fourth-order valence-corrected chi connectivity index (χ4v) is 1.08. The second-order valence-electron chi connectivity index (χ2n) is 2.82. The third-order valence-electron chi connectivity index (χ3n) is 1.42. The third-order valence-corrected chi connectivity index (χ3v) is 1.61. The average Bonchev–Trinajstić information content (AvgIpc) is 1.85. The van der Waals surface area contributed by atoms with Gasteiger partial charge in [0.2, 0.25) is 0 Å². The molecule has 2 nitrogen and oxygen atoms in total. The lowest BCUT2D eigenvalue weighted by molar-refractivity contribution is 0.801. The van der Waals surface area contributed by atoms with Crippen LogP contribution in [0.4, 0.5) is 0 Å². The van der Waals surface area contributed by atoms with Crippen molar-refractivity contribution in [2.75, 3.05) is 0 Å². The van der Waals surface area contributed by atoms with Crippen molar-refractivity contribution >= 4 is 11.6 Å². The molecule has 0 aromatic carbocycles. The highest BCUT2D eigenvalue weighted by Crippen LogP contribution is 2.14. The van der Waals surface area contributed by atoms with Crippen LogP contribution in [-0.4, -0.2) is 9.97 Å². The monoisotopic (exact) mass is 170 g/mol. The van der Waals surface area contributed by atoms with E-state index in [4.69, 9.17) is 11.6 Å². The number of rotatable bonds is 1. The average molecular weight is 171 g/mol. The first kappa shape index (κ1) is 8.47. The van der Waals surface area contributed by atoms with E-state index in [0.29, 0.717) is 11.1 Å². The third kappa shape index (κ3) is 2.15. The van der Waals surface area contributed by atoms with Gasteiger partial charge in [-0.3, -0.25) is 0 Å². The summed E-state index contributed by atoms with van der Waals surface area (Å²) >= 11 is 5.74. The Balaban J connectivity index is 3.08. The molecule has 0 saturated heterocycles. The van der Waals surface area contributed by atoms with Crippen LogP contribution >= 0.6 is 11.6 Å². The summed E-state index contributed by atoms with van der Waals surface area (Å²) in [5, 5.41) is 0.529. The van der Waals surface area contributed by atoms with Crippen LogP contribution in [0.1, 0.15) is 31.3 Å². The zero-order chi connectivity index (χ0) is 8.43. The summed E-state index contributed by atoms with van der Waals surface area (Å²) in [6.45, 7) is 6.01. The van der Waals surface area contributed by atoms with E-state index in [1.165, 1.54) is 0 Å². The molecule has 11 heavy (non-hydrogen) atoms. The van der Waals surface area contributed by atoms with Gasteiger partial charge in [-0.1, -0.05) is 25.4 Å².